The SMILES string of the molecule is CC1(O)CN(S(=O)(=O)CC2CCCC2(F)F)C1. The van der Waals surface area contributed by atoms with E-state index in [1.807, 2.05) is 0 Å². The Bertz CT molecular complexity index is 400. The molecule has 0 radical (unpaired) electrons. The van der Waals surface area contributed by atoms with Gasteiger partial charge in [0.1, 0.15) is 0 Å². The molecular weight excluding hydrogens is 252 g/mol. The molecule has 0 aromatic rings. The first-order valence-corrected chi connectivity index (χ1v) is 7.31. The van der Waals surface area contributed by atoms with E-state index >= 15 is 0 Å². The number of hydrogen-bond donors (Lipinski definition) is 1. The quantitative estimate of drug-likeness (QED) is 0.825. The summed E-state index contributed by atoms with van der Waals surface area (Å²) in [6.45, 7) is 1.55. The van der Waals surface area contributed by atoms with E-state index in [0.717, 1.165) is 4.31 Å². The number of β-amino-alcohol motifs (C(OH)–C–C–N with tert-alkyl or cyclic N) is 1. The minimum atomic E-state index is -3.66. The molecule has 1 aliphatic carbocycles. The van der Waals surface area contributed by atoms with E-state index in [4.69, 9.17) is 0 Å². The molecule has 1 unspecified atom stereocenters. The first-order valence-electron chi connectivity index (χ1n) is 5.70. The van der Waals surface area contributed by atoms with Gasteiger partial charge in [0.15, 0.2) is 0 Å². The van der Waals surface area contributed by atoms with Gasteiger partial charge in [0.05, 0.1) is 11.4 Å². The van der Waals surface area contributed by atoms with E-state index in [0.29, 0.717) is 6.42 Å². The fraction of sp³-hybridized carbons (Fsp3) is 1.00. The number of sulfonamides is 1. The molecule has 0 amide bonds. The molecule has 2 aliphatic rings. The second kappa shape index (κ2) is 3.86. The molecule has 1 N–H and O–H groups in total. The van der Waals surface area contributed by atoms with Crippen LogP contribution in [0.15, 0.2) is 0 Å². The first kappa shape index (κ1) is 13.2. The zero-order valence-electron chi connectivity index (χ0n) is 9.70. The number of nitrogens with zero attached hydrogens (tertiary/aromatic N) is 1. The van der Waals surface area contributed by atoms with Crippen LogP contribution in [-0.2, 0) is 10.0 Å². The average molecular weight is 269 g/mol. The van der Waals surface area contributed by atoms with Gasteiger partial charge in [0, 0.05) is 25.4 Å². The number of halogens is 2. The third kappa shape index (κ3) is 2.61. The van der Waals surface area contributed by atoms with Gasteiger partial charge in [-0.05, 0) is 19.8 Å². The van der Waals surface area contributed by atoms with Crippen molar-refractivity contribution < 1.29 is 22.3 Å². The maximum atomic E-state index is 13.3. The summed E-state index contributed by atoms with van der Waals surface area (Å²) in [5, 5.41) is 9.46. The number of aliphatic hydroxyl groups is 1. The molecule has 1 atom stereocenters. The van der Waals surface area contributed by atoms with Gasteiger partial charge in [-0.2, -0.15) is 4.31 Å². The molecule has 2 fully saturated rings. The van der Waals surface area contributed by atoms with Crippen LogP contribution in [0.2, 0.25) is 0 Å². The summed E-state index contributed by atoms with van der Waals surface area (Å²) in [6.07, 6.45) is 0.423. The van der Waals surface area contributed by atoms with Crippen LogP contribution in [0.3, 0.4) is 0 Å². The largest absolute Gasteiger partial charge is 0.387 e. The van der Waals surface area contributed by atoms with Gasteiger partial charge >= 0.3 is 0 Å². The second-order valence-corrected chi connectivity index (χ2v) is 7.41. The maximum Gasteiger partial charge on any atom is 0.251 e. The summed E-state index contributed by atoms with van der Waals surface area (Å²) >= 11 is 0. The minimum Gasteiger partial charge on any atom is -0.387 e. The highest BCUT2D eigenvalue weighted by Crippen LogP contribution is 2.41. The van der Waals surface area contributed by atoms with E-state index in [2.05, 4.69) is 0 Å². The van der Waals surface area contributed by atoms with E-state index in [9.17, 15) is 22.3 Å². The van der Waals surface area contributed by atoms with Crippen molar-refractivity contribution >= 4 is 10.0 Å². The monoisotopic (exact) mass is 269 g/mol. The highest BCUT2D eigenvalue weighted by molar-refractivity contribution is 7.89. The number of alkyl halides is 2. The number of hydrogen-bond acceptors (Lipinski definition) is 3. The molecule has 0 spiro atoms. The van der Waals surface area contributed by atoms with Crippen LogP contribution >= 0.6 is 0 Å². The van der Waals surface area contributed by atoms with Crippen molar-refractivity contribution in [2.45, 2.75) is 37.7 Å². The van der Waals surface area contributed by atoms with Gasteiger partial charge in [0.25, 0.3) is 5.92 Å². The predicted octanol–water partition coefficient (Wildman–Crippen LogP) is 0.818. The van der Waals surface area contributed by atoms with Crippen molar-refractivity contribution in [3.05, 3.63) is 0 Å². The Morgan fingerprint density at radius 2 is 2.00 bits per heavy atom. The highest BCUT2D eigenvalue weighted by atomic mass is 32.2. The highest BCUT2D eigenvalue weighted by Gasteiger charge is 2.49. The van der Waals surface area contributed by atoms with Crippen molar-refractivity contribution in [1.82, 2.24) is 4.31 Å². The minimum absolute atomic E-state index is 0.00756. The molecule has 4 nitrogen and oxygen atoms in total. The van der Waals surface area contributed by atoms with Crippen LogP contribution in [0.5, 0.6) is 0 Å². The van der Waals surface area contributed by atoms with Gasteiger partial charge in [-0.3, -0.25) is 0 Å². The Labute approximate surface area is 99.7 Å². The maximum absolute atomic E-state index is 13.3. The van der Waals surface area contributed by atoms with Crippen molar-refractivity contribution in [3.8, 4) is 0 Å². The third-order valence-electron chi connectivity index (χ3n) is 3.50. The zero-order chi connectivity index (χ0) is 12.9. The van der Waals surface area contributed by atoms with Crippen molar-refractivity contribution in [2.75, 3.05) is 18.8 Å². The fourth-order valence-corrected chi connectivity index (χ4v) is 4.55. The van der Waals surface area contributed by atoms with Crippen molar-refractivity contribution in [3.63, 3.8) is 0 Å². The first-order chi connectivity index (χ1) is 7.62. The van der Waals surface area contributed by atoms with Crippen LogP contribution < -0.4 is 0 Å². The molecular formula is C10H17F2NO3S. The summed E-state index contributed by atoms with van der Waals surface area (Å²) in [4.78, 5) is 0. The Kier molecular flexibility index (Phi) is 2.99. The normalized spacial score (nSPS) is 32.4. The Morgan fingerprint density at radius 3 is 2.41 bits per heavy atom. The summed E-state index contributed by atoms with van der Waals surface area (Å²) < 4.78 is 51.4. The second-order valence-electron chi connectivity index (χ2n) is 5.39. The standard InChI is InChI=1S/C10H17F2NO3S/c1-9(14)6-13(7-9)17(15,16)5-8-3-2-4-10(8,11)12/h8,14H,2-7H2,1H3. The Morgan fingerprint density at radius 1 is 1.41 bits per heavy atom. The molecule has 100 valence electrons. The molecule has 1 saturated heterocycles. The van der Waals surface area contributed by atoms with Crippen LogP contribution in [0.4, 0.5) is 8.78 Å². The fourth-order valence-electron chi connectivity index (χ4n) is 2.47. The van der Waals surface area contributed by atoms with E-state index in [-0.39, 0.29) is 25.9 Å². The number of rotatable bonds is 3. The van der Waals surface area contributed by atoms with Crippen LogP contribution in [0, 0.1) is 5.92 Å². The van der Waals surface area contributed by atoms with Crippen molar-refractivity contribution in [1.29, 1.82) is 0 Å². The van der Waals surface area contributed by atoms with Gasteiger partial charge in [-0.25, -0.2) is 17.2 Å². The Hall–Kier alpha value is -0.270. The third-order valence-corrected chi connectivity index (χ3v) is 5.37. The molecule has 7 heteroatoms. The molecule has 0 aromatic carbocycles. The lowest BCUT2D eigenvalue weighted by Crippen LogP contribution is -2.62. The van der Waals surface area contributed by atoms with Gasteiger partial charge in [-0.15, -0.1) is 0 Å². The summed E-state index contributed by atoms with van der Waals surface area (Å²) in [6, 6.07) is 0. The van der Waals surface area contributed by atoms with E-state index in [1.165, 1.54) is 6.92 Å². The summed E-state index contributed by atoms with van der Waals surface area (Å²) in [7, 11) is -3.66. The smallest absolute Gasteiger partial charge is 0.251 e. The van der Waals surface area contributed by atoms with Crippen LogP contribution in [0.1, 0.15) is 26.2 Å². The predicted molar refractivity (Wildman–Crippen MR) is 58.3 cm³/mol. The molecule has 2 rings (SSSR count). The van der Waals surface area contributed by atoms with E-state index < -0.39 is 33.2 Å². The zero-order valence-corrected chi connectivity index (χ0v) is 10.5. The molecule has 1 saturated carbocycles. The molecule has 0 aromatic heterocycles. The average Bonchev–Trinajstić information content (AvgIpc) is 2.41. The van der Waals surface area contributed by atoms with Gasteiger partial charge in [-0.1, -0.05) is 0 Å². The summed E-state index contributed by atoms with van der Waals surface area (Å²) in [5.41, 5.74) is -1.01. The Balaban J connectivity index is 1.99. The van der Waals surface area contributed by atoms with Gasteiger partial charge in [0.2, 0.25) is 10.0 Å². The molecule has 0 bridgehead atoms. The lowest BCUT2D eigenvalue weighted by atomic mass is 10.0. The topological polar surface area (TPSA) is 57.6 Å². The van der Waals surface area contributed by atoms with Crippen LogP contribution in [-0.4, -0.2) is 48.2 Å². The lowest BCUT2D eigenvalue weighted by molar-refractivity contribution is -0.0454. The lowest BCUT2D eigenvalue weighted by Gasteiger charge is -2.43. The van der Waals surface area contributed by atoms with E-state index in [1.54, 1.807) is 0 Å². The molecule has 17 heavy (non-hydrogen) atoms. The molecule has 1 heterocycles. The van der Waals surface area contributed by atoms with Gasteiger partial charge < -0.3 is 5.11 Å². The van der Waals surface area contributed by atoms with Crippen LogP contribution in [0.25, 0.3) is 0 Å². The molecule has 1 aliphatic heterocycles. The summed E-state index contributed by atoms with van der Waals surface area (Å²) in [5.74, 6) is -4.44. The van der Waals surface area contributed by atoms with Crippen molar-refractivity contribution in [2.24, 2.45) is 5.92 Å².